The molecule has 150 valence electrons. The van der Waals surface area contributed by atoms with Crippen molar-refractivity contribution in [3.05, 3.63) is 47.0 Å². The van der Waals surface area contributed by atoms with Crippen LogP contribution >= 0.6 is 24.0 Å². The zero-order chi connectivity index (χ0) is 19.0. The van der Waals surface area contributed by atoms with Gasteiger partial charge in [0.2, 0.25) is 0 Å². The minimum atomic E-state index is -0.264. The summed E-state index contributed by atoms with van der Waals surface area (Å²) in [6, 6.07) is 4.63. The second kappa shape index (κ2) is 8.46. The van der Waals surface area contributed by atoms with Crippen LogP contribution in [0.4, 0.5) is 4.39 Å². The molecule has 2 N–H and O–H groups in total. The second-order valence-electron chi connectivity index (χ2n) is 6.80. The Morgan fingerprint density at radius 3 is 3.00 bits per heavy atom. The van der Waals surface area contributed by atoms with Crippen LogP contribution in [-0.4, -0.2) is 27.8 Å². The van der Waals surface area contributed by atoms with Crippen molar-refractivity contribution in [2.24, 2.45) is 4.99 Å². The SMILES string of the molecule is CN=C(NCc1oc2ccc(F)cc2c1C)NC1CCCn2nc(C)nc21.I. The van der Waals surface area contributed by atoms with Gasteiger partial charge in [-0.1, -0.05) is 0 Å². The standard InChI is InChI=1S/C19H23FN6O.HI/c1-11-14-9-13(20)6-7-16(14)27-17(11)10-22-19(21-3)24-15-5-4-8-26-18(15)23-12(2)25-26;/h6-7,9,15H,4-5,8,10H2,1-3H3,(H2,21,22,24);1H. The van der Waals surface area contributed by atoms with Crippen molar-refractivity contribution >= 4 is 40.9 Å². The molecule has 0 bridgehead atoms. The van der Waals surface area contributed by atoms with Gasteiger partial charge >= 0.3 is 0 Å². The lowest BCUT2D eigenvalue weighted by Gasteiger charge is -2.24. The van der Waals surface area contributed by atoms with Crippen molar-refractivity contribution in [3.8, 4) is 0 Å². The van der Waals surface area contributed by atoms with E-state index >= 15 is 0 Å². The van der Waals surface area contributed by atoms with Crippen molar-refractivity contribution in [1.29, 1.82) is 0 Å². The molecule has 3 aromatic rings. The molecule has 0 saturated carbocycles. The zero-order valence-corrected chi connectivity index (χ0v) is 18.5. The number of aromatic nitrogens is 3. The molecular weight excluding hydrogens is 474 g/mol. The van der Waals surface area contributed by atoms with Crippen LogP contribution in [0.3, 0.4) is 0 Å². The molecule has 3 heterocycles. The Labute approximate surface area is 179 Å². The fraction of sp³-hybridized carbons (Fsp3) is 0.421. The summed E-state index contributed by atoms with van der Waals surface area (Å²) in [7, 11) is 1.73. The third-order valence-corrected chi connectivity index (χ3v) is 4.93. The Bertz CT molecular complexity index is 1010. The van der Waals surface area contributed by atoms with Gasteiger partial charge in [-0.15, -0.1) is 24.0 Å². The van der Waals surface area contributed by atoms with Crippen LogP contribution in [0.1, 0.15) is 41.9 Å². The number of aryl methyl sites for hydroxylation is 3. The average molecular weight is 498 g/mol. The summed E-state index contributed by atoms with van der Waals surface area (Å²) < 4.78 is 21.3. The van der Waals surface area contributed by atoms with E-state index in [1.807, 2.05) is 18.5 Å². The largest absolute Gasteiger partial charge is 0.459 e. The van der Waals surface area contributed by atoms with E-state index in [1.54, 1.807) is 13.1 Å². The number of rotatable bonds is 3. The number of furan rings is 1. The molecule has 0 aliphatic carbocycles. The highest BCUT2D eigenvalue weighted by Crippen LogP contribution is 2.26. The lowest BCUT2D eigenvalue weighted by atomic mass is 10.1. The number of nitrogens with zero attached hydrogens (tertiary/aromatic N) is 4. The maximum Gasteiger partial charge on any atom is 0.191 e. The highest BCUT2D eigenvalue weighted by molar-refractivity contribution is 14.0. The number of aliphatic imine (C=N–C) groups is 1. The first-order valence-electron chi connectivity index (χ1n) is 9.11. The van der Waals surface area contributed by atoms with Gasteiger partial charge in [-0.25, -0.2) is 14.1 Å². The van der Waals surface area contributed by atoms with Gasteiger partial charge in [0.1, 0.15) is 28.8 Å². The lowest BCUT2D eigenvalue weighted by molar-refractivity contribution is 0.397. The van der Waals surface area contributed by atoms with Crippen molar-refractivity contribution in [2.45, 2.75) is 45.8 Å². The first kappa shape index (κ1) is 20.6. The van der Waals surface area contributed by atoms with Crippen LogP contribution < -0.4 is 10.6 Å². The van der Waals surface area contributed by atoms with Gasteiger partial charge in [0.25, 0.3) is 0 Å². The van der Waals surface area contributed by atoms with E-state index in [1.165, 1.54) is 12.1 Å². The van der Waals surface area contributed by atoms with E-state index in [2.05, 4.69) is 25.7 Å². The molecule has 1 unspecified atom stereocenters. The van der Waals surface area contributed by atoms with Gasteiger partial charge in [0.05, 0.1) is 12.6 Å². The van der Waals surface area contributed by atoms with Gasteiger partial charge in [-0.3, -0.25) is 4.99 Å². The zero-order valence-electron chi connectivity index (χ0n) is 16.1. The normalized spacial score (nSPS) is 16.6. The van der Waals surface area contributed by atoms with Gasteiger partial charge in [0, 0.05) is 24.5 Å². The van der Waals surface area contributed by atoms with Crippen molar-refractivity contribution in [1.82, 2.24) is 25.4 Å². The van der Waals surface area contributed by atoms with Crippen LogP contribution in [0.25, 0.3) is 11.0 Å². The third-order valence-electron chi connectivity index (χ3n) is 4.93. The topological polar surface area (TPSA) is 80.3 Å². The van der Waals surface area contributed by atoms with E-state index in [0.717, 1.165) is 47.7 Å². The molecule has 1 aliphatic rings. The summed E-state index contributed by atoms with van der Waals surface area (Å²) in [5.41, 5.74) is 1.62. The Morgan fingerprint density at radius 1 is 1.39 bits per heavy atom. The number of guanidine groups is 1. The average Bonchev–Trinajstić information content (AvgIpc) is 3.18. The van der Waals surface area contributed by atoms with Gasteiger partial charge in [-0.2, -0.15) is 5.10 Å². The third kappa shape index (κ3) is 3.98. The molecular formula is C19H24FIN6O. The minimum absolute atomic E-state index is 0. The summed E-state index contributed by atoms with van der Waals surface area (Å²) in [6.07, 6.45) is 2.01. The summed E-state index contributed by atoms with van der Waals surface area (Å²) in [6.45, 7) is 5.20. The number of benzene rings is 1. The molecule has 4 rings (SSSR count). The second-order valence-corrected chi connectivity index (χ2v) is 6.80. The lowest BCUT2D eigenvalue weighted by Crippen LogP contribution is -2.41. The molecule has 1 aromatic carbocycles. The quantitative estimate of drug-likeness (QED) is 0.328. The van der Waals surface area contributed by atoms with Crippen molar-refractivity contribution in [3.63, 3.8) is 0 Å². The number of nitrogens with one attached hydrogen (secondary N) is 2. The summed E-state index contributed by atoms with van der Waals surface area (Å²) in [4.78, 5) is 8.85. The predicted molar refractivity (Wildman–Crippen MR) is 116 cm³/mol. The number of halogens is 2. The molecule has 2 aromatic heterocycles. The first-order valence-corrected chi connectivity index (χ1v) is 9.11. The summed E-state index contributed by atoms with van der Waals surface area (Å²) in [5, 5.41) is 11.9. The number of hydrogen-bond donors (Lipinski definition) is 2. The van der Waals surface area contributed by atoms with Crippen LogP contribution in [0.5, 0.6) is 0 Å². The molecule has 7 nitrogen and oxygen atoms in total. The first-order chi connectivity index (χ1) is 13.0. The van der Waals surface area contributed by atoms with Gasteiger partial charge in [0.15, 0.2) is 5.96 Å². The Balaban J connectivity index is 0.00000225. The summed E-state index contributed by atoms with van der Waals surface area (Å²) >= 11 is 0. The summed E-state index contributed by atoms with van der Waals surface area (Å²) in [5.74, 6) is 2.89. The van der Waals surface area contributed by atoms with E-state index < -0.39 is 0 Å². The fourth-order valence-corrected chi connectivity index (χ4v) is 3.54. The van der Waals surface area contributed by atoms with E-state index in [4.69, 9.17) is 4.42 Å². The smallest absolute Gasteiger partial charge is 0.191 e. The van der Waals surface area contributed by atoms with Gasteiger partial charge in [-0.05, 0) is 44.9 Å². The number of fused-ring (bicyclic) bond motifs is 2. The Morgan fingerprint density at radius 2 is 2.21 bits per heavy atom. The van der Waals surface area contributed by atoms with Gasteiger partial charge < -0.3 is 15.1 Å². The predicted octanol–water partition coefficient (Wildman–Crippen LogP) is 3.60. The van der Waals surface area contributed by atoms with Crippen LogP contribution in [0, 0.1) is 19.7 Å². The molecule has 0 spiro atoms. The molecule has 1 aliphatic heterocycles. The molecule has 9 heteroatoms. The highest BCUT2D eigenvalue weighted by atomic mass is 127. The maximum absolute atomic E-state index is 13.5. The van der Waals surface area contributed by atoms with E-state index in [9.17, 15) is 4.39 Å². The van der Waals surface area contributed by atoms with Crippen LogP contribution in [0.2, 0.25) is 0 Å². The maximum atomic E-state index is 13.5. The number of hydrogen-bond acceptors (Lipinski definition) is 4. The van der Waals surface area contributed by atoms with E-state index in [-0.39, 0.29) is 35.8 Å². The monoisotopic (exact) mass is 498 g/mol. The van der Waals surface area contributed by atoms with Crippen LogP contribution in [-0.2, 0) is 13.1 Å². The van der Waals surface area contributed by atoms with Crippen LogP contribution in [0.15, 0.2) is 27.6 Å². The molecule has 1 atom stereocenters. The molecule has 0 saturated heterocycles. The highest BCUT2D eigenvalue weighted by Gasteiger charge is 2.24. The minimum Gasteiger partial charge on any atom is -0.459 e. The fourth-order valence-electron chi connectivity index (χ4n) is 3.54. The molecule has 0 fully saturated rings. The van der Waals surface area contributed by atoms with Crippen molar-refractivity contribution < 1.29 is 8.81 Å². The van der Waals surface area contributed by atoms with E-state index in [0.29, 0.717) is 18.1 Å². The Kier molecular flexibility index (Phi) is 6.21. The Hall–Kier alpha value is -2.17. The molecule has 28 heavy (non-hydrogen) atoms. The molecule has 0 radical (unpaired) electrons. The molecule has 0 amide bonds. The van der Waals surface area contributed by atoms with Crippen molar-refractivity contribution in [2.75, 3.05) is 7.05 Å².